The van der Waals surface area contributed by atoms with E-state index in [0.717, 1.165) is 32.3 Å². The lowest BCUT2D eigenvalue weighted by molar-refractivity contribution is 0.0434. The Hall–Kier alpha value is -0.160. The number of nitrogens with zero attached hydrogens (tertiary/aromatic N) is 1. The van der Waals surface area contributed by atoms with Crippen molar-refractivity contribution in [1.29, 1.82) is 0 Å². The Bertz CT molecular complexity index is 230. The number of hydrogen-bond acceptors (Lipinski definition) is 4. The molecule has 4 heteroatoms. The Morgan fingerprint density at radius 1 is 1.50 bits per heavy atom. The summed E-state index contributed by atoms with van der Waals surface area (Å²) in [6, 6.07) is 1.18. The van der Waals surface area contributed by atoms with E-state index in [2.05, 4.69) is 17.1 Å². The molecule has 2 saturated heterocycles. The third-order valence-electron chi connectivity index (χ3n) is 4.20. The number of rotatable bonds is 5. The number of nitrogens with one attached hydrogen (secondary N) is 1. The molecule has 3 atom stereocenters. The number of hydrogen-bond donors (Lipinski definition) is 1. The van der Waals surface area contributed by atoms with Crippen LogP contribution in [0.1, 0.15) is 26.2 Å². The second-order valence-corrected chi connectivity index (χ2v) is 5.77. The van der Waals surface area contributed by atoms with Crippen molar-refractivity contribution in [2.75, 3.05) is 46.6 Å². The van der Waals surface area contributed by atoms with Crippen LogP contribution in [0.2, 0.25) is 0 Å². The van der Waals surface area contributed by atoms with Crippen molar-refractivity contribution >= 4 is 0 Å². The zero-order valence-electron chi connectivity index (χ0n) is 11.9. The van der Waals surface area contributed by atoms with Gasteiger partial charge in [-0.3, -0.25) is 0 Å². The first-order valence-electron chi connectivity index (χ1n) is 7.33. The molecule has 0 aliphatic carbocycles. The van der Waals surface area contributed by atoms with Crippen molar-refractivity contribution in [2.45, 2.75) is 38.3 Å². The average Bonchev–Trinajstić information content (AvgIpc) is 2.40. The van der Waals surface area contributed by atoms with Gasteiger partial charge in [-0.2, -0.15) is 0 Å². The molecule has 0 saturated carbocycles. The third-order valence-corrected chi connectivity index (χ3v) is 4.20. The van der Waals surface area contributed by atoms with Crippen LogP contribution in [0.5, 0.6) is 0 Å². The maximum Gasteiger partial charge on any atom is 0.0620 e. The van der Waals surface area contributed by atoms with Crippen LogP contribution in [-0.2, 0) is 9.47 Å². The summed E-state index contributed by atoms with van der Waals surface area (Å²) < 4.78 is 10.8. The van der Waals surface area contributed by atoms with Crippen LogP contribution < -0.4 is 5.32 Å². The van der Waals surface area contributed by atoms with Gasteiger partial charge in [-0.15, -0.1) is 0 Å². The van der Waals surface area contributed by atoms with Gasteiger partial charge < -0.3 is 19.7 Å². The molecule has 0 aromatic rings. The fourth-order valence-corrected chi connectivity index (χ4v) is 3.20. The first-order chi connectivity index (χ1) is 8.79. The fraction of sp³-hybridized carbons (Fsp3) is 1.00. The van der Waals surface area contributed by atoms with E-state index in [0.29, 0.717) is 12.1 Å². The standard InChI is InChI=1S/C14H28N2O2/c1-12(8-14-11-18-7-5-15-14)16-6-3-4-13(9-16)10-17-2/h12-15H,3-11H2,1-2H3. The number of likely N-dealkylation sites (tertiary alicyclic amines) is 1. The minimum Gasteiger partial charge on any atom is -0.384 e. The van der Waals surface area contributed by atoms with E-state index in [1.54, 1.807) is 0 Å². The molecule has 4 nitrogen and oxygen atoms in total. The Labute approximate surface area is 111 Å². The summed E-state index contributed by atoms with van der Waals surface area (Å²) in [4.78, 5) is 2.63. The number of ether oxygens (including phenoxy) is 2. The summed E-state index contributed by atoms with van der Waals surface area (Å²) in [5.74, 6) is 0.724. The molecule has 0 spiro atoms. The lowest BCUT2D eigenvalue weighted by atomic mass is 9.96. The minimum atomic E-state index is 0.538. The molecule has 0 bridgehead atoms. The van der Waals surface area contributed by atoms with Gasteiger partial charge in [-0.1, -0.05) is 0 Å². The molecule has 3 unspecified atom stereocenters. The molecule has 1 N–H and O–H groups in total. The highest BCUT2D eigenvalue weighted by Crippen LogP contribution is 2.20. The Morgan fingerprint density at radius 2 is 2.39 bits per heavy atom. The van der Waals surface area contributed by atoms with Crippen LogP contribution in [0.4, 0.5) is 0 Å². The monoisotopic (exact) mass is 256 g/mol. The van der Waals surface area contributed by atoms with E-state index < -0.39 is 0 Å². The third kappa shape index (κ3) is 4.19. The van der Waals surface area contributed by atoms with Gasteiger partial charge in [0.25, 0.3) is 0 Å². The second-order valence-electron chi connectivity index (χ2n) is 5.77. The van der Waals surface area contributed by atoms with E-state index in [1.807, 2.05) is 7.11 Å². The van der Waals surface area contributed by atoms with Gasteiger partial charge in [0.15, 0.2) is 0 Å². The predicted octanol–water partition coefficient (Wildman–Crippen LogP) is 1.11. The number of morpholine rings is 1. The van der Waals surface area contributed by atoms with Crippen molar-refractivity contribution in [3.8, 4) is 0 Å². The summed E-state index contributed by atoms with van der Waals surface area (Å²) >= 11 is 0. The van der Waals surface area contributed by atoms with Crippen molar-refractivity contribution < 1.29 is 9.47 Å². The van der Waals surface area contributed by atoms with E-state index in [9.17, 15) is 0 Å². The lowest BCUT2D eigenvalue weighted by Crippen LogP contribution is -2.48. The minimum absolute atomic E-state index is 0.538. The number of piperidine rings is 1. The molecule has 0 amide bonds. The van der Waals surface area contributed by atoms with Crippen molar-refractivity contribution in [2.24, 2.45) is 5.92 Å². The van der Waals surface area contributed by atoms with Crippen LogP contribution in [0.3, 0.4) is 0 Å². The van der Waals surface area contributed by atoms with Gasteiger partial charge in [-0.05, 0) is 38.6 Å². The van der Waals surface area contributed by atoms with Crippen LogP contribution in [0.25, 0.3) is 0 Å². The largest absolute Gasteiger partial charge is 0.384 e. The highest BCUT2D eigenvalue weighted by Gasteiger charge is 2.25. The van der Waals surface area contributed by atoms with E-state index in [4.69, 9.17) is 9.47 Å². The summed E-state index contributed by atoms with van der Waals surface area (Å²) in [5, 5.41) is 3.55. The predicted molar refractivity (Wildman–Crippen MR) is 72.9 cm³/mol. The normalized spacial score (nSPS) is 32.3. The lowest BCUT2D eigenvalue weighted by Gasteiger charge is -2.38. The molecule has 0 aromatic carbocycles. The van der Waals surface area contributed by atoms with Gasteiger partial charge in [0, 0.05) is 32.3 Å². The molecule has 2 aliphatic rings. The zero-order chi connectivity index (χ0) is 12.8. The molecule has 106 valence electrons. The molecule has 0 radical (unpaired) electrons. The number of methoxy groups -OCH3 is 1. The molecule has 0 aromatic heterocycles. The average molecular weight is 256 g/mol. The Kier molecular flexibility index (Phi) is 5.89. The van der Waals surface area contributed by atoms with Gasteiger partial charge in [0.2, 0.25) is 0 Å². The summed E-state index contributed by atoms with van der Waals surface area (Å²) in [6.07, 6.45) is 3.83. The molecule has 2 aliphatic heterocycles. The first kappa shape index (κ1) is 14.3. The first-order valence-corrected chi connectivity index (χ1v) is 7.33. The quantitative estimate of drug-likeness (QED) is 0.799. The Morgan fingerprint density at radius 3 is 3.11 bits per heavy atom. The fourth-order valence-electron chi connectivity index (χ4n) is 3.20. The summed E-state index contributed by atoms with van der Waals surface area (Å²) in [5.41, 5.74) is 0. The molecule has 2 heterocycles. The van der Waals surface area contributed by atoms with Crippen LogP contribution in [-0.4, -0.2) is 63.5 Å². The van der Waals surface area contributed by atoms with Crippen LogP contribution in [0.15, 0.2) is 0 Å². The topological polar surface area (TPSA) is 33.7 Å². The van der Waals surface area contributed by atoms with Crippen molar-refractivity contribution in [3.05, 3.63) is 0 Å². The smallest absolute Gasteiger partial charge is 0.0620 e. The van der Waals surface area contributed by atoms with Gasteiger partial charge in [-0.25, -0.2) is 0 Å². The maximum absolute atomic E-state index is 5.53. The van der Waals surface area contributed by atoms with E-state index >= 15 is 0 Å². The van der Waals surface area contributed by atoms with Crippen LogP contribution in [0, 0.1) is 5.92 Å². The van der Waals surface area contributed by atoms with E-state index in [1.165, 1.54) is 32.4 Å². The van der Waals surface area contributed by atoms with Gasteiger partial charge >= 0.3 is 0 Å². The highest BCUT2D eigenvalue weighted by molar-refractivity contribution is 4.81. The van der Waals surface area contributed by atoms with E-state index in [-0.39, 0.29) is 0 Å². The molecule has 2 fully saturated rings. The second kappa shape index (κ2) is 7.43. The van der Waals surface area contributed by atoms with Crippen molar-refractivity contribution in [1.82, 2.24) is 10.2 Å². The van der Waals surface area contributed by atoms with Gasteiger partial charge in [0.1, 0.15) is 0 Å². The molecular formula is C14H28N2O2. The highest BCUT2D eigenvalue weighted by atomic mass is 16.5. The van der Waals surface area contributed by atoms with Gasteiger partial charge in [0.05, 0.1) is 19.8 Å². The van der Waals surface area contributed by atoms with Crippen LogP contribution >= 0.6 is 0 Å². The maximum atomic E-state index is 5.53. The molecular weight excluding hydrogens is 228 g/mol. The summed E-state index contributed by atoms with van der Waals surface area (Å²) in [6.45, 7) is 8.45. The van der Waals surface area contributed by atoms with Crippen molar-refractivity contribution in [3.63, 3.8) is 0 Å². The molecule has 2 rings (SSSR count). The molecule has 18 heavy (non-hydrogen) atoms. The SMILES string of the molecule is COCC1CCCN(C(C)CC2COCCN2)C1. The zero-order valence-corrected chi connectivity index (χ0v) is 11.9. The summed E-state index contributed by atoms with van der Waals surface area (Å²) in [7, 11) is 1.81. The Balaban J connectivity index is 1.74.